The third-order valence-electron chi connectivity index (χ3n) is 4.14. The fourth-order valence-electron chi connectivity index (χ4n) is 3.31. The summed E-state index contributed by atoms with van der Waals surface area (Å²) >= 11 is 0. The van der Waals surface area contributed by atoms with Gasteiger partial charge in [-0.2, -0.15) is 0 Å². The highest BCUT2D eigenvalue weighted by Gasteiger charge is 2.41. The fourth-order valence-corrected chi connectivity index (χ4v) is 3.31. The highest BCUT2D eigenvalue weighted by atomic mass is 16.5. The van der Waals surface area contributed by atoms with E-state index in [1.807, 2.05) is 0 Å². The molecule has 0 spiro atoms. The minimum atomic E-state index is 0.239. The van der Waals surface area contributed by atoms with Crippen molar-refractivity contribution < 1.29 is 4.74 Å². The van der Waals surface area contributed by atoms with Crippen LogP contribution in [0.15, 0.2) is 24.3 Å². The third-order valence-corrected chi connectivity index (χ3v) is 4.14. The zero-order chi connectivity index (χ0) is 12.0. The van der Waals surface area contributed by atoms with Crippen LogP contribution in [0, 0.1) is 0 Å². The van der Waals surface area contributed by atoms with Gasteiger partial charge in [0, 0.05) is 12.6 Å². The average Bonchev–Trinajstić information content (AvgIpc) is 2.30. The lowest BCUT2D eigenvalue weighted by molar-refractivity contribution is -0.0680. The highest BCUT2D eigenvalue weighted by Crippen LogP contribution is 2.44. The van der Waals surface area contributed by atoms with Crippen LogP contribution in [0.1, 0.15) is 44.4 Å². The zero-order valence-corrected chi connectivity index (χ0v) is 10.9. The Morgan fingerprint density at radius 2 is 2.06 bits per heavy atom. The third kappa shape index (κ3) is 1.80. The molecule has 1 aliphatic carbocycles. The molecular formula is C15H21NO. The summed E-state index contributed by atoms with van der Waals surface area (Å²) in [6.45, 7) is 7.79. The first kappa shape index (κ1) is 11.2. The van der Waals surface area contributed by atoms with Crippen LogP contribution in [0.3, 0.4) is 0 Å². The van der Waals surface area contributed by atoms with Gasteiger partial charge in [-0.1, -0.05) is 38.1 Å². The van der Waals surface area contributed by atoms with Crippen LogP contribution in [0.5, 0.6) is 0 Å². The van der Waals surface area contributed by atoms with Crippen molar-refractivity contribution in [3.63, 3.8) is 0 Å². The topological polar surface area (TPSA) is 21.3 Å². The predicted molar refractivity (Wildman–Crippen MR) is 69.2 cm³/mol. The second-order valence-corrected chi connectivity index (χ2v) is 6.06. The Hall–Kier alpha value is -0.860. The van der Waals surface area contributed by atoms with Gasteiger partial charge in [0.05, 0.1) is 12.2 Å². The largest absolute Gasteiger partial charge is 0.368 e. The van der Waals surface area contributed by atoms with Gasteiger partial charge in [0.15, 0.2) is 0 Å². The summed E-state index contributed by atoms with van der Waals surface area (Å²) in [5.74, 6) is 0. The molecule has 3 rings (SSSR count). The van der Waals surface area contributed by atoms with Crippen LogP contribution in [-0.4, -0.2) is 18.7 Å². The van der Waals surface area contributed by atoms with Gasteiger partial charge in [-0.15, -0.1) is 0 Å². The SMILES string of the molecule is CC1CNC2CC(C)(C)c3ccccc3C2O1. The van der Waals surface area contributed by atoms with Crippen LogP contribution in [-0.2, 0) is 10.2 Å². The quantitative estimate of drug-likeness (QED) is 0.741. The van der Waals surface area contributed by atoms with Crippen molar-refractivity contribution in [2.75, 3.05) is 6.54 Å². The molecule has 2 heteroatoms. The van der Waals surface area contributed by atoms with E-state index in [0.717, 1.165) is 13.0 Å². The predicted octanol–water partition coefficient (Wildman–Crippen LogP) is 2.79. The van der Waals surface area contributed by atoms with E-state index in [9.17, 15) is 0 Å². The molecule has 1 N–H and O–H groups in total. The van der Waals surface area contributed by atoms with Gasteiger partial charge in [-0.05, 0) is 29.9 Å². The monoisotopic (exact) mass is 231 g/mol. The van der Waals surface area contributed by atoms with E-state index in [4.69, 9.17) is 4.74 Å². The van der Waals surface area contributed by atoms with Gasteiger partial charge >= 0.3 is 0 Å². The first-order valence-electron chi connectivity index (χ1n) is 6.56. The molecule has 3 unspecified atom stereocenters. The van der Waals surface area contributed by atoms with Gasteiger partial charge in [0.25, 0.3) is 0 Å². The molecule has 2 nitrogen and oxygen atoms in total. The lowest BCUT2D eigenvalue weighted by Crippen LogP contribution is -2.52. The molecule has 2 aliphatic rings. The summed E-state index contributed by atoms with van der Waals surface area (Å²) in [5.41, 5.74) is 3.08. The molecule has 1 aromatic rings. The van der Waals surface area contributed by atoms with Crippen LogP contribution >= 0.6 is 0 Å². The van der Waals surface area contributed by atoms with Crippen molar-refractivity contribution in [2.24, 2.45) is 0 Å². The van der Waals surface area contributed by atoms with Crippen LogP contribution in [0.2, 0.25) is 0 Å². The van der Waals surface area contributed by atoms with Crippen molar-refractivity contribution in [1.29, 1.82) is 0 Å². The summed E-state index contributed by atoms with van der Waals surface area (Å²) in [6.07, 6.45) is 1.70. The van der Waals surface area contributed by atoms with E-state index >= 15 is 0 Å². The van der Waals surface area contributed by atoms with Gasteiger partial charge in [0.1, 0.15) is 0 Å². The number of rotatable bonds is 0. The van der Waals surface area contributed by atoms with Crippen molar-refractivity contribution >= 4 is 0 Å². The summed E-state index contributed by atoms with van der Waals surface area (Å²) in [7, 11) is 0. The Morgan fingerprint density at radius 3 is 2.88 bits per heavy atom. The molecule has 1 aliphatic heterocycles. The van der Waals surface area contributed by atoms with Crippen LogP contribution in [0.25, 0.3) is 0 Å². The molecule has 0 radical (unpaired) electrons. The molecule has 1 aromatic carbocycles. The summed E-state index contributed by atoms with van der Waals surface area (Å²) in [4.78, 5) is 0. The first-order valence-corrected chi connectivity index (χ1v) is 6.56. The van der Waals surface area contributed by atoms with Crippen molar-refractivity contribution in [2.45, 2.75) is 50.9 Å². The lowest BCUT2D eigenvalue weighted by Gasteiger charge is -2.46. The highest BCUT2D eigenvalue weighted by molar-refractivity contribution is 5.39. The smallest absolute Gasteiger partial charge is 0.0985 e. The second kappa shape index (κ2) is 3.82. The number of ether oxygens (including phenoxy) is 1. The number of nitrogens with one attached hydrogen (secondary N) is 1. The normalized spacial score (nSPS) is 34.9. The van der Waals surface area contributed by atoms with Gasteiger partial charge in [0.2, 0.25) is 0 Å². The maximum atomic E-state index is 6.15. The maximum Gasteiger partial charge on any atom is 0.0985 e. The molecule has 0 aromatic heterocycles. The minimum Gasteiger partial charge on any atom is -0.368 e. The number of fused-ring (bicyclic) bond motifs is 3. The molecule has 17 heavy (non-hydrogen) atoms. The first-order chi connectivity index (χ1) is 8.08. The molecule has 1 heterocycles. The van der Waals surface area contributed by atoms with Crippen molar-refractivity contribution in [3.05, 3.63) is 35.4 Å². The Labute approximate surface area is 103 Å². The van der Waals surface area contributed by atoms with E-state index in [0.29, 0.717) is 12.1 Å². The van der Waals surface area contributed by atoms with E-state index in [2.05, 4.69) is 50.4 Å². The Bertz CT molecular complexity index is 427. The van der Waals surface area contributed by atoms with E-state index in [-0.39, 0.29) is 11.5 Å². The second-order valence-electron chi connectivity index (χ2n) is 6.06. The number of hydrogen-bond donors (Lipinski definition) is 1. The van der Waals surface area contributed by atoms with Crippen LogP contribution < -0.4 is 5.32 Å². The minimum absolute atomic E-state index is 0.239. The van der Waals surface area contributed by atoms with Crippen molar-refractivity contribution in [3.8, 4) is 0 Å². The Balaban J connectivity index is 2.06. The Morgan fingerprint density at radius 1 is 1.29 bits per heavy atom. The molecule has 1 fully saturated rings. The molecule has 3 atom stereocenters. The molecule has 1 saturated heterocycles. The molecule has 0 bridgehead atoms. The summed E-state index contributed by atoms with van der Waals surface area (Å²) < 4.78 is 6.15. The number of hydrogen-bond acceptors (Lipinski definition) is 2. The molecule has 0 amide bonds. The van der Waals surface area contributed by atoms with Crippen molar-refractivity contribution in [1.82, 2.24) is 5.32 Å². The molecular weight excluding hydrogens is 210 g/mol. The fraction of sp³-hybridized carbons (Fsp3) is 0.600. The standard InChI is InChI=1S/C15H21NO/c1-10-9-16-13-8-15(2,3)12-7-5-4-6-11(12)14(13)17-10/h4-7,10,13-14,16H,8-9H2,1-3H3. The molecule has 0 saturated carbocycles. The van der Waals surface area contributed by atoms with Gasteiger partial charge in [-0.25, -0.2) is 0 Å². The summed E-state index contributed by atoms with van der Waals surface area (Å²) in [6, 6.07) is 9.22. The average molecular weight is 231 g/mol. The van der Waals surface area contributed by atoms with Gasteiger partial charge in [-0.3, -0.25) is 0 Å². The molecule has 92 valence electrons. The number of morpholine rings is 1. The zero-order valence-electron chi connectivity index (χ0n) is 10.9. The lowest BCUT2D eigenvalue weighted by atomic mass is 9.69. The van der Waals surface area contributed by atoms with E-state index in [1.54, 1.807) is 0 Å². The van der Waals surface area contributed by atoms with Gasteiger partial charge < -0.3 is 10.1 Å². The maximum absolute atomic E-state index is 6.15. The van der Waals surface area contributed by atoms with Crippen LogP contribution in [0.4, 0.5) is 0 Å². The Kier molecular flexibility index (Phi) is 2.53. The van der Waals surface area contributed by atoms with E-state index in [1.165, 1.54) is 11.1 Å². The summed E-state index contributed by atoms with van der Waals surface area (Å²) in [5, 5.41) is 3.64. The number of benzene rings is 1. The van der Waals surface area contributed by atoms with E-state index < -0.39 is 0 Å².